The predicted molar refractivity (Wildman–Crippen MR) is 130 cm³/mol. The molecule has 0 saturated carbocycles. The molecule has 3 rings (SSSR count). The topological polar surface area (TPSA) is 78.4 Å². The molecule has 0 spiro atoms. The van der Waals surface area contributed by atoms with Crippen LogP contribution in [0.25, 0.3) is 11.1 Å². The number of carboxylic acids is 1. The van der Waals surface area contributed by atoms with E-state index in [1.54, 1.807) is 6.92 Å². The first kappa shape index (κ1) is 28.8. The van der Waals surface area contributed by atoms with Gasteiger partial charge in [0.1, 0.15) is 12.1 Å². The van der Waals surface area contributed by atoms with Gasteiger partial charge in [0.15, 0.2) is 0 Å². The first-order chi connectivity index (χ1) is 17.6. The highest BCUT2D eigenvalue weighted by Gasteiger charge is 2.41. The molecular formula is C26H21ClF6N2O3. The van der Waals surface area contributed by atoms with Crippen LogP contribution < -0.4 is 10.6 Å². The van der Waals surface area contributed by atoms with Gasteiger partial charge in [-0.2, -0.15) is 26.3 Å². The Labute approximate surface area is 218 Å². The molecular weight excluding hydrogens is 538 g/mol. The van der Waals surface area contributed by atoms with Crippen LogP contribution in [0.4, 0.5) is 32.0 Å². The molecule has 5 nitrogen and oxygen atoms in total. The molecule has 3 aromatic rings. The number of anilines is 1. The minimum atomic E-state index is -4.97. The molecule has 202 valence electrons. The van der Waals surface area contributed by atoms with E-state index in [0.717, 1.165) is 13.0 Å². The summed E-state index contributed by atoms with van der Waals surface area (Å²) in [5.41, 5.74) is -1.66. The van der Waals surface area contributed by atoms with Crippen molar-refractivity contribution in [3.8, 4) is 11.1 Å². The Balaban J connectivity index is 1.99. The molecule has 1 unspecified atom stereocenters. The molecule has 3 aromatic carbocycles. The Hall–Kier alpha value is -3.73. The molecule has 38 heavy (non-hydrogen) atoms. The van der Waals surface area contributed by atoms with Crippen LogP contribution in [0.1, 0.15) is 40.0 Å². The lowest BCUT2D eigenvalue weighted by atomic mass is 9.97. The Morgan fingerprint density at radius 3 is 2.16 bits per heavy atom. The second-order valence-corrected chi connectivity index (χ2v) is 8.91. The molecule has 2 atom stereocenters. The van der Waals surface area contributed by atoms with Crippen LogP contribution in [0, 0.1) is 6.92 Å². The maximum atomic E-state index is 13.9. The quantitative estimate of drug-likeness (QED) is 0.267. The summed E-state index contributed by atoms with van der Waals surface area (Å²) in [5.74, 6) is -2.67. The maximum Gasteiger partial charge on any atom is 0.417 e. The van der Waals surface area contributed by atoms with Crippen molar-refractivity contribution in [1.29, 1.82) is 0 Å². The zero-order valence-corrected chi connectivity index (χ0v) is 20.6. The van der Waals surface area contributed by atoms with Gasteiger partial charge in [-0.1, -0.05) is 41.9 Å². The van der Waals surface area contributed by atoms with E-state index in [4.69, 9.17) is 16.7 Å². The summed E-state index contributed by atoms with van der Waals surface area (Å²) in [6.07, 6.45) is -9.68. The zero-order chi connectivity index (χ0) is 28.4. The van der Waals surface area contributed by atoms with E-state index >= 15 is 0 Å². The molecule has 0 radical (unpaired) electrons. The Bertz CT molecular complexity index is 1360. The molecule has 0 heterocycles. The molecule has 0 saturated heterocycles. The van der Waals surface area contributed by atoms with Crippen molar-refractivity contribution in [1.82, 2.24) is 5.32 Å². The first-order valence-corrected chi connectivity index (χ1v) is 11.4. The third-order valence-corrected chi connectivity index (χ3v) is 6.06. The van der Waals surface area contributed by atoms with E-state index in [1.165, 1.54) is 48.5 Å². The Kier molecular flexibility index (Phi) is 8.30. The number of halogens is 7. The average Bonchev–Trinajstić information content (AvgIpc) is 2.82. The number of nitrogens with one attached hydrogen (secondary N) is 2. The number of hydrogen-bond donors (Lipinski definition) is 3. The van der Waals surface area contributed by atoms with Crippen molar-refractivity contribution in [2.24, 2.45) is 0 Å². The van der Waals surface area contributed by atoms with Crippen LogP contribution in [0.5, 0.6) is 0 Å². The number of aliphatic carboxylic acids is 1. The molecule has 0 aliphatic carbocycles. The number of benzene rings is 3. The number of hydrogen-bond acceptors (Lipinski definition) is 3. The van der Waals surface area contributed by atoms with Gasteiger partial charge in [-0.3, -0.25) is 9.59 Å². The van der Waals surface area contributed by atoms with Gasteiger partial charge in [0, 0.05) is 10.7 Å². The van der Waals surface area contributed by atoms with Gasteiger partial charge in [-0.05, 0) is 66.4 Å². The fourth-order valence-corrected chi connectivity index (χ4v) is 3.77. The summed E-state index contributed by atoms with van der Waals surface area (Å²) in [4.78, 5) is 23.3. The monoisotopic (exact) mass is 558 g/mol. The van der Waals surface area contributed by atoms with Crippen LogP contribution in [0.3, 0.4) is 0 Å². The number of aryl methyl sites for hydroxylation is 1. The third kappa shape index (κ3) is 6.77. The fourth-order valence-electron chi connectivity index (χ4n) is 3.65. The third-order valence-electron chi connectivity index (χ3n) is 5.64. The molecule has 0 aliphatic heterocycles. The number of rotatable bonds is 7. The van der Waals surface area contributed by atoms with E-state index in [2.05, 4.69) is 5.32 Å². The van der Waals surface area contributed by atoms with Crippen molar-refractivity contribution < 1.29 is 41.0 Å². The zero-order valence-electron chi connectivity index (χ0n) is 19.8. The van der Waals surface area contributed by atoms with E-state index < -0.39 is 47.4 Å². The van der Waals surface area contributed by atoms with E-state index in [0.29, 0.717) is 16.7 Å². The predicted octanol–water partition coefficient (Wildman–Crippen LogP) is 7.25. The molecule has 1 amide bonds. The second kappa shape index (κ2) is 10.9. The van der Waals surface area contributed by atoms with Crippen molar-refractivity contribution in [2.75, 3.05) is 5.32 Å². The van der Waals surface area contributed by atoms with Crippen LogP contribution >= 0.6 is 11.6 Å². The lowest BCUT2D eigenvalue weighted by Crippen LogP contribution is -2.39. The summed E-state index contributed by atoms with van der Waals surface area (Å²) in [7, 11) is 0. The summed E-state index contributed by atoms with van der Waals surface area (Å²) >= 11 is 5.93. The molecule has 0 aromatic heterocycles. The molecule has 0 bridgehead atoms. The smallest absolute Gasteiger partial charge is 0.417 e. The summed E-state index contributed by atoms with van der Waals surface area (Å²) in [6, 6.07) is 8.45. The molecule has 0 fully saturated rings. The molecule has 3 N–H and O–H groups in total. The van der Waals surface area contributed by atoms with Crippen molar-refractivity contribution in [2.45, 2.75) is 38.3 Å². The lowest BCUT2D eigenvalue weighted by Gasteiger charge is -2.24. The molecule has 0 aliphatic rings. The van der Waals surface area contributed by atoms with Gasteiger partial charge in [0.2, 0.25) is 0 Å². The largest absolute Gasteiger partial charge is 0.480 e. The number of carboxylic acid groups (broad SMARTS) is 1. The Morgan fingerprint density at radius 1 is 0.921 bits per heavy atom. The summed E-state index contributed by atoms with van der Waals surface area (Å²) in [5, 5.41) is 13.6. The minimum absolute atomic E-state index is 0.0110. The van der Waals surface area contributed by atoms with Crippen LogP contribution in [-0.4, -0.2) is 29.2 Å². The highest BCUT2D eigenvalue weighted by atomic mass is 35.5. The van der Waals surface area contributed by atoms with Gasteiger partial charge in [0.25, 0.3) is 5.91 Å². The Morgan fingerprint density at radius 2 is 1.58 bits per heavy atom. The van der Waals surface area contributed by atoms with Crippen molar-refractivity contribution >= 4 is 29.2 Å². The SMILES string of the molecule is Cc1cc(C(Nc2cccc(-c3ccc(C(=O)N[C@@H](C)C(=O)O)c(C(F)(F)F)c3)c2)C(F)(F)F)ccc1Cl. The van der Waals surface area contributed by atoms with Crippen LogP contribution in [-0.2, 0) is 11.0 Å². The lowest BCUT2D eigenvalue weighted by molar-refractivity contribution is -0.144. The fraction of sp³-hybridized carbons (Fsp3) is 0.231. The van der Waals surface area contributed by atoms with E-state index in [9.17, 15) is 35.9 Å². The van der Waals surface area contributed by atoms with Crippen molar-refractivity contribution in [3.05, 3.63) is 87.9 Å². The minimum Gasteiger partial charge on any atom is -0.480 e. The second-order valence-electron chi connectivity index (χ2n) is 8.50. The van der Waals surface area contributed by atoms with E-state index in [1.807, 2.05) is 5.32 Å². The van der Waals surface area contributed by atoms with Gasteiger partial charge in [0.05, 0.1) is 11.1 Å². The van der Waals surface area contributed by atoms with Gasteiger partial charge < -0.3 is 15.7 Å². The van der Waals surface area contributed by atoms with Crippen LogP contribution in [0.15, 0.2) is 60.7 Å². The van der Waals surface area contributed by atoms with Crippen LogP contribution in [0.2, 0.25) is 5.02 Å². The summed E-state index contributed by atoms with van der Waals surface area (Å²) in [6.45, 7) is 2.66. The standard InChI is InChI=1S/C26H21ClF6N2O3/c1-13-10-17(7-9-21(13)27)22(26(31,32)33)35-18-5-3-4-15(11-18)16-6-8-19(20(12-16)25(28,29)30)23(36)34-14(2)24(37)38/h3-12,14,22,35H,1-2H3,(H,34,36)(H,37,38)/t14-,22?/m0/s1. The number of amides is 1. The van der Waals surface area contributed by atoms with E-state index in [-0.39, 0.29) is 22.4 Å². The maximum absolute atomic E-state index is 13.9. The first-order valence-electron chi connectivity index (χ1n) is 11.0. The average molecular weight is 559 g/mol. The van der Waals surface area contributed by atoms with Crippen molar-refractivity contribution in [3.63, 3.8) is 0 Å². The highest BCUT2D eigenvalue weighted by Crippen LogP contribution is 2.39. The number of carbonyl (C=O) groups is 2. The summed E-state index contributed by atoms with van der Waals surface area (Å²) < 4.78 is 83.1. The number of carbonyl (C=O) groups excluding carboxylic acids is 1. The normalized spacial score (nSPS) is 13.5. The van der Waals surface area contributed by atoms with Gasteiger partial charge in [-0.25, -0.2) is 0 Å². The van der Waals surface area contributed by atoms with Gasteiger partial charge in [-0.15, -0.1) is 0 Å². The molecule has 12 heteroatoms. The highest BCUT2D eigenvalue weighted by molar-refractivity contribution is 6.31. The van der Waals surface area contributed by atoms with Gasteiger partial charge >= 0.3 is 18.3 Å². The number of alkyl halides is 6.